The standard InChI is InChI=1S/C19H32N2O3.C12H18N2S/c1-4-5-6-13(2)9-16(10-14(3)12-22)20-19(23)17-11-18(24-21-17)15-7-8-15;1-15-14-8-7-13-10-12(14)9-11-5-3-2-4-6-11/h11,13-16,22H,4-10,12H2,1-3H3,(H,20,23);2-6,12-13H,7-10H2,1H3/t13-,14+,16+;/m0./s1. The number of carbonyl (C=O) groups excluding carboxylic acids is 1. The SMILES string of the molecule is CCCC[C@H](C)C[C@H](C[C@@H](C)CO)NC(=O)c1cc(C2CC2)on1.CSN1CCNCC1Cc1ccccc1. The van der Waals surface area contributed by atoms with Gasteiger partial charge in [-0.05, 0) is 55.8 Å². The number of piperazine rings is 1. The molecule has 7 nitrogen and oxygen atoms in total. The molecule has 39 heavy (non-hydrogen) atoms. The molecule has 4 rings (SSSR count). The summed E-state index contributed by atoms with van der Waals surface area (Å²) in [6.45, 7) is 9.96. The van der Waals surface area contributed by atoms with Crippen molar-refractivity contribution in [3.05, 3.63) is 53.4 Å². The molecule has 2 aliphatic rings. The van der Waals surface area contributed by atoms with Gasteiger partial charge in [0, 0.05) is 50.3 Å². The molecule has 8 heteroatoms. The van der Waals surface area contributed by atoms with Crippen molar-refractivity contribution in [3.63, 3.8) is 0 Å². The number of unbranched alkanes of at least 4 members (excludes halogenated alkanes) is 1. The van der Waals surface area contributed by atoms with Crippen molar-refractivity contribution in [2.45, 2.75) is 90.1 Å². The number of amides is 1. The van der Waals surface area contributed by atoms with E-state index < -0.39 is 0 Å². The summed E-state index contributed by atoms with van der Waals surface area (Å²) < 4.78 is 7.77. The van der Waals surface area contributed by atoms with Crippen molar-refractivity contribution >= 4 is 17.9 Å². The fourth-order valence-electron chi connectivity index (χ4n) is 5.19. The van der Waals surface area contributed by atoms with Crippen LogP contribution in [0.2, 0.25) is 0 Å². The third-order valence-electron chi connectivity index (χ3n) is 7.66. The highest BCUT2D eigenvalue weighted by molar-refractivity contribution is 7.96. The lowest BCUT2D eigenvalue weighted by molar-refractivity contribution is 0.0910. The van der Waals surface area contributed by atoms with E-state index in [1.165, 1.54) is 24.8 Å². The van der Waals surface area contributed by atoms with Gasteiger partial charge in [-0.15, -0.1) is 0 Å². The first-order valence-corrected chi connectivity index (χ1v) is 16.0. The zero-order valence-corrected chi connectivity index (χ0v) is 25.2. The zero-order chi connectivity index (χ0) is 28.0. The highest BCUT2D eigenvalue weighted by atomic mass is 32.2. The lowest BCUT2D eigenvalue weighted by Gasteiger charge is -2.34. The number of aliphatic hydroxyl groups is 1. The second-order valence-corrected chi connectivity index (χ2v) is 12.3. The highest BCUT2D eigenvalue weighted by Gasteiger charge is 2.29. The summed E-state index contributed by atoms with van der Waals surface area (Å²) >= 11 is 1.87. The Bertz CT molecular complexity index is 952. The minimum Gasteiger partial charge on any atom is -0.396 e. The number of rotatable bonds is 14. The van der Waals surface area contributed by atoms with Crippen molar-refractivity contribution in [3.8, 4) is 0 Å². The second-order valence-electron chi connectivity index (χ2n) is 11.4. The summed E-state index contributed by atoms with van der Waals surface area (Å²) in [5.74, 6) is 1.85. The summed E-state index contributed by atoms with van der Waals surface area (Å²) in [5.41, 5.74) is 1.81. The molecule has 1 aliphatic heterocycles. The van der Waals surface area contributed by atoms with E-state index >= 15 is 0 Å². The minimum atomic E-state index is -0.163. The van der Waals surface area contributed by atoms with Gasteiger partial charge in [0.25, 0.3) is 5.91 Å². The summed E-state index contributed by atoms with van der Waals surface area (Å²) in [6.07, 6.45) is 10.9. The first kappa shape index (κ1) is 31.7. The molecule has 218 valence electrons. The van der Waals surface area contributed by atoms with Gasteiger partial charge in [0.2, 0.25) is 0 Å². The molecule has 2 heterocycles. The van der Waals surface area contributed by atoms with E-state index in [2.05, 4.69) is 70.5 Å². The van der Waals surface area contributed by atoms with Gasteiger partial charge in [0.05, 0.1) is 0 Å². The number of aromatic nitrogens is 1. The fraction of sp³-hybridized carbons (Fsp3) is 0.677. The maximum atomic E-state index is 12.5. The predicted molar refractivity (Wildman–Crippen MR) is 161 cm³/mol. The van der Waals surface area contributed by atoms with Crippen LogP contribution in [0.1, 0.15) is 93.4 Å². The Morgan fingerprint density at radius 1 is 1.23 bits per heavy atom. The first-order chi connectivity index (χ1) is 18.9. The van der Waals surface area contributed by atoms with Crippen LogP contribution in [0.3, 0.4) is 0 Å². The zero-order valence-electron chi connectivity index (χ0n) is 24.4. The van der Waals surface area contributed by atoms with Crippen LogP contribution in [-0.4, -0.2) is 65.1 Å². The van der Waals surface area contributed by atoms with Crippen LogP contribution in [0.15, 0.2) is 40.9 Å². The van der Waals surface area contributed by atoms with Gasteiger partial charge >= 0.3 is 0 Å². The maximum absolute atomic E-state index is 12.5. The molecule has 3 N–H and O–H groups in total. The molecule has 2 fully saturated rings. The number of nitrogens with zero attached hydrogens (tertiary/aromatic N) is 2. The van der Waals surface area contributed by atoms with E-state index in [4.69, 9.17) is 4.52 Å². The average Bonchev–Trinajstić information content (AvgIpc) is 3.68. The van der Waals surface area contributed by atoms with Crippen molar-refractivity contribution in [1.82, 2.24) is 20.1 Å². The van der Waals surface area contributed by atoms with Crippen LogP contribution in [0.5, 0.6) is 0 Å². The normalized spacial score (nSPS) is 20.0. The molecule has 0 bridgehead atoms. The lowest BCUT2D eigenvalue weighted by Crippen LogP contribution is -2.48. The Morgan fingerprint density at radius 2 is 1.97 bits per heavy atom. The third-order valence-corrected chi connectivity index (χ3v) is 8.61. The highest BCUT2D eigenvalue weighted by Crippen LogP contribution is 2.40. The second kappa shape index (κ2) is 17.1. The summed E-state index contributed by atoms with van der Waals surface area (Å²) in [5, 5.41) is 19.8. The van der Waals surface area contributed by atoms with Gasteiger partial charge in [-0.1, -0.05) is 87.5 Å². The van der Waals surface area contributed by atoms with Crippen molar-refractivity contribution in [2.75, 3.05) is 32.5 Å². The first-order valence-electron chi connectivity index (χ1n) is 14.9. The van der Waals surface area contributed by atoms with Gasteiger partial charge in [-0.25, -0.2) is 4.31 Å². The number of benzene rings is 1. The molecule has 1 aliphatic carbocycles. The van der Waals surface area contributed by atoms with Crippen LogP contribution in [0, 0.1) is 11.8 Å². The molecule has 1 aromatic carbocycles. The molecule has 0 radical (unpaired) electrons. The van der Waals surface area contributed by atoms with Gasteiger partial charge in [0.15, 0.2) is 5.69 Å². The smallest absolute Gasteiger partial charge is 0.273 e. The minimum absolute atomic E-state index is 0.0626. The monoisotopic (exact) mass is 558 g/mol. The molecule has 1 saturated heterocycles. The summed E-state index contributed by atoms with van der Waals surface area (Å²) in [4.78, 5) is 12.5. The molecule has 1 aromatic heterocycles. The molecule has 0 spiro atoms. The number of aliphatic hydroxyl groups excluding tert-OH is 1. The van der Waals surface area contributed by atoms with Crippen molar-refractivity contribution in [1.29, 1.82) is 0 Å². The van der Waals surface area contributed by atoms with Gasteiger partial charge in [0.1, 0.15) is 5.76 Å². The molecule has 2 aromatic rings. The van der Waals surface area contributed by atoms with Crippen LogP contribution in [-0.2, 0) is 6.42 Å². The van der Waals surface area contributed by atoms with E-state index in [-0.39, 0.29) is 24.5 Å². The van der Waals surface area contributed by atoms with E-state index in [0.717, 1.165) is 57.5 Å². The van der Waals surface area contributed by atoms with E-state index in [0.29, 0.717) is 23.6 Å². The number of hydrogen-bond donors (Lipinski definition) is 3. The van der Waals surface area contributed by atoms with Crippen LogP contribution >= 0.6 is 11.9 Å². The molecule has 1 amide bonds. The maximum Gasteiger partial charge on any atom is 0.273 e. The Labute approximate surface area is 240 Å². The molecule has 1 unspecified atom stereocenters. The largest absolute Gasteiger partial charge is 0.396 e. The van der Waals surface area contributed by atoms with Crippen LogP contribution < -0.4 is 10.6 Å². The predicted octanol–water partition coefficient (Wildman–Crippen LogP) is 5.67. The van der Waals surface area contributed by atoms with Crippen molar-refractivity contribution in [2.24, 2.45) is 11.8 Å². The van der Waals surface area contributed by atoms with Gasteiger partial charge in [-0.3, -0.25) is 4.79 Å². The molecular formula is C31H50N4O3S. The Kier molecular flexibility index (Phi) is 13.8. The number of nitrogens with one attached hydrogen (secondary N) is 2. The number of carbonyl (C=O) groups is 1. The fourth-order valence-corrected chi connectivity index (χ4v) is 5.91. The molecular weight excluding hydrogens is 508 g/mol. The van der Waals surface area contributed by atoms with Gasteiger partial charge in [-0.2, -0.15) is 0 Å². The summed E-state index contributed by atoms with van der Waals surface area (Å²) in [6, 6.07) is 13.2. The quantitative estimate of drug-likeness (QED) is 0.258. The van der Waals surface area contributed by atoms with Crippen LogP contribution in [0.4, 0.5) is 0 Å². The Hall–Kier alpha value is -1.87. The molecule has 4 atom stereocenters. The van der Waals surface area contributed by atoms with Gasteiger partial charge < -0.3 is 20.3 Å². The molecule has 1 saturated carbocycles. The Morgan fingerprint density at radius 3 is 2.64 bits per heavy atom. The van der Waals surface area contributed by atoms with E-state index in [1.807, 2.05) is 18.9 Å². The van der Waals surface area contributed by atoms with Crippen molar-refractivity contribution < 1.29 is 14.4 Å². The Balaban J connectivity index is 0.000000239. The number of hydrogen-bond acceptors (Lipinski definition) is 7. The van der Waals surface area contributed by atoms with Crippen LogP contribution in [0.25, 0.3) is 0 Å². The average molecular weight is 559 g/mol. The van der Waals surface area contributed by atoms with E-state index in [1.54, 1.807) is 6.07 Å². The summed E-state index contributed by atoms with van der Waals surface area (Å²) in [7, 11) is 0. The topological polar surface area (TPSA) is 90.6 Å². The lowest BCUT2D eigenvalue weighted by atomic mass is 9.91. The third kappa shape index (κ3) is 11.3. The van der Waals surface area contributed by atoms with E-state index in [9.17, 15) is 9.90 Å².